The Bertz CT molecular complexity index is 1230. The van der Waals surface area contributed by atoms with Crippen molar-refractivity contribution in [3.05, 3.63) is 0 Å². The third kappa shape index (κ3) is 14.5. The van der Waals surface area contributed by atoms with Crippen molar-refractivity contribution < 1.29 is 127 Å². The summed E-state index contributed by atoms with van der Waals surface area (Å²) in [5, 5.41) is 10.5. The van der Waals surface area contributed by atoms with Crippen LogP contribution in [-0.2, 0) is 63.2 Å². The van der Waals surface area contributed by atoms with E-state index in [1.54, 1.807) is 0 Å². The number of aliphatic hydroxyl groups is 1. The lowest BCUT2D eigenvalue weighted by Gasteiger charge is -2.47. The molecule has 0 aromatic rings. The molecule has 1 saturated carbocycles. The Kier molecular flexibility index (Phi) is 12.7. The average molecular weight is 740 g/mol. The molecule has 0 saturated heterocycles. The van der Waals surface area contributed by atoms with Gasteiger partial charge in [0.1, 0.15) is 36.6 Å². The van der Waals surface area contributed by atoms with Gasteiger partial charge in [0.15, 0.2) is 0 Å². The molecule has 40 heavy (non-hydrogen) atoms. The minimum absolute atomic E-state index is 3.16. The lowest BCUT2D eigenvalue weighted by Crippen LogP contribution is -2.66. The maximum atomic E-state index is 12.2. The second kappa shape index (κ2) is 13.0. The van der Waals surface area contributed by atoms with Gasteiger partial charge in [-0.1, -0.05) is 0 Å². The predicted octanol–water partition coefficient (Wildman–Crippen LogP) is -3.02. The smallest absolute Gasteiger partial charge is 0.387 e. The van der Waals surface area contributed by atoms with E-state index in [0.29, 0.717) is 0 Å². The zero-order valence-corrected chi connectivity index (χ0v) is 24.4. The highest BCUT2D eigenvalue weighted by Crippen LogP contribution is 2.63. The summed E-state index contributed by atoms with van der Waals surface area (Å²) in [5.74, 6) is 0. The van der Waals surface area contributed by atoms with Crippen LogP contribution in [0.25, 0.3) is 0 Å². The maximum absolute atomic E-state index is 12.2. The molecule has 1 rings (SSSR count). The van der Waals surface area contributed by atoms with Crippen LogP contribution in [0.1, 0.15) is 0 Å². The van der Waals surface area contributed by atoms with E-state index in [9.17, 15) is 66.4 Å². The van der Waals surface area contributed by atoms with Gasteiger partial charge in [-0.05, 0) is 0 Å². The number of hydrogen-bond donors (Lipinski definition) is 13. The molecule has 0 spiro atoms. The summed E-state index contributed by atoms with van der Waals surface area (Å²) in [7, 11) is -43.0. The summed E-state index contributed by atoms with van der Waals surface area (Å²) >= 11 is 0. The van der Waals surface area contributed by atoms with Crippen molar-refractivity contribution in [2.75, 3.05) is 0 Å². The van der Waals surface area contributed by atoms with Crippen LogP contribution in [0.5, 0.6) is 0 Å². The average Bonchev–Trinajstić information content (AvgIpc) is 2.57. The SMILES string of the molecule is O=P(O)(O)OC1C(O)[C@@H](OP(=O)(O)OP(=O)(O)O)C(OP(=O)(O)O)[C@@H](OP(=O)(O)OP(=O)(O)O)C1OP(=O)(O)O. The molecular formula is C6H19O27P7. The second-order valence-electron chi connectivity index (χ2n) is 6.89. The van der Waals surface area contributed by atoms with Crippen LogP contribution in [-0.4, -0.2) is 100 Å². The highest BCUT2D eigenvalue weighted by Gasteiger charge is 2.61. The Balaban J connectivity index is 3.95. The third-order valence-electron chi connectivity index (χ3n) is 3.67. The molecule has 0 aliphatic heterocycles. The van der Waals surface area contributed by atoms with E-state index in [-0.39, 0.29) is 0 Å². The van der Waals surface area contributed by atoms with Crippen LogP contribution in [0.4, 0.5) is 0 Å². The van der Waals surface area contributed by atoms with E-state index in [2.05, 4.69) is 31.2 Å². The summed E-state index contributed by atoms with van der Waals surface area (Å²) in [6.45, 7) is 0. The first-order valence-corrected chi connectivity index (χ1v) is 19.4. The first-order chi connectivity index (χ1) is 17.3. The first kappa shape index (κ1) is 38.8. The van der Waals surface area contributed by atoms with Gasteiger partial charge in [0, 0.05) is 0 Å². The molecule has 0 amide bonds. The van der Waals surface area contributed by atoms with Crippen molar-refractivity contribution in [1.29, 1.82) is 0 Å². The van der Waals surface area contributed by atoms with E-state index in [1.807, 2.05) is 0 Å². The highest BCUT2D eigenvalue weighted by atomic mass is 31.3. The number of hydrogen-bond acceptors (Lipinski definition) is 15. The Morgan fingerprint density at radius 1 is 0.350 bits per heavy atom. The summed E-state index contributed by atoms with van der Waals surface area (Å²) in [6.07, 6.45) is -19.5. The van der Waals surface area contributed by atoms with Crippen molar-refractivity contribution in [2.24, 2.45) is 0 Å². The van der Waals surface area contributed by atoms with E-state index in [4.69, 9.17) is 29.4 Å². The molecular weight excluding hydrogens is 721 g/mol. The fourth-order valence-electron chi connectivity index (χ4n) is 2.83. The van der Waals surface area contributed by atoms with Gasteiger partial charge in [0.05, 0.1) is 0 Å². The standard InChI is InChI=1S/C6H19O27P7/c7-1-2(27-34(8,9)10)4(28-35(11,12)13)6(31-40(25,26)33-38(20,21)22)5(29-36(14,15)16)3(1)30-39(23,24)32-37(17,18)19/h1-7H,(H,23,24)(H,25,26)(H2,8,9,10)(H2,11,12,13)(H2,14,15,16)(H2,17,18,19)(H2,20,21,22)/t1?,2?,3-,4?,5?,6+/m1/s1. The molecule has 27 nitrogen and oxygen atoms in total. The minimum atomic E-state index is -6.40. The molecule has 0 bridgehead atoms. The Morgan fingerprint density at radius 2 is 0.575 bits per heavy atom. The van der Waals surface area contributed by atoms with Crippen molar-refractivity contribution in [3.63, 3.8) is 0 Å². The Hall–Kier alpha value is 0.810. The Morgan fingerprint density at radius 3 is 0.850 bits per heavy atom. The summed E-state index contributed by atoms with van der Waals surface area (Å²) in [5.41, 5.74) is 0. The summed E-state index contributed by atoms with van der Waals surface area (Å²) in [4.78, 5) is 109. The van der Waals surface area contributed by atoms with Crippen LogP contribution < -0.4 is 0 Å². The first-order valence-electron chi connectivity index (χ1n) is 8.76. The normalized spacial score (nSPS) is 30.4. The molecule has 1 aliphatic rings. The molecule has 0 radical (unpaired) electrons. The molecule has 240 valence electrons. The number of aliphatic hydroxyl groups excluding tert-OH is 1. The lowest BCUT2D eigenvalue weighted by molar-refractivity contribution is -0.205. The molecule has 0 aromatic carbocycles. The Labute approximate surface area is 219 Å². The second-order valence-corrected chi connectivity index (χ2v) is 16.0. The number of phosphoric ester groups is 5. The van der Waals surface area contributed by atoms with Gasteiger partial charge in [-0.15, -0.1) is 0 Å². The fraction of sp³-hybridized carbons (Fsp3) is 1.00. The van der Waals surface area contributed by atoms with Crippen LogP contribution >= 0.6 is 54.8 Å². The molecule has 13 N–H and O–H groups in total. The van der Waals surface area contributed by atoms with Gasteiger partial charge < -0.3 is 63.8 Å². The third-order valence-corrected chi connectivity index (χ3v) is 9.60. The minimum Gasteiger partial charge on any atom is -0.387 e. The largest absolute Gasteiger partial charge is 0.481 e. The van der Waals surface area contributed by atoms with E-state index < -0.39 is 91.4 Å². The monoisotopic (exact) mass is 740 g/mol. The molecule has 8 atom stereocenters. The molecule has 34 heteroatoms. The molecule has 6 unspecified atom stereocenters. The molecule has 0 heterocycles. The van der Waals surface area contributed by atoms with Gasteiger partial charge in [0.25, 0.3) is 0 Å². The van der Waals surface area contributed by atoms with Crippen molar-refractivity contribution >= 4 is 54.8 Å². The highest BCUT2D eigenvalue weighted by molar-refractivity contribution is 7.61. The quantitative estimate of drug-likeness (QED) is 0.0788. The van der Waals surface area contributed by atoms with Crippen LogP contribution in [0.2, 0.25) is 0 Å². The molecule has 1 aliphatic carbocycles. The topological polar surface area (TPSA) is 447 Å². The maximum Gasteiger partial charge on any atom is 0.481 e. The number of phosphoric acid groups is 7. The summed E-state index contributed by atoms with van der Waals surface area (Å²) in [6, 6.07) is 0. The molecule has 0 aromatic heterocycles. The number of rotatable bonds is 14. The van der Waals surface area contributed by atoms with Crippen LogP contribution in [0.15, 0.2) is 0 Å². The van der Waals surface area contributed by atoms with Gasteiger partial charge in [-0.3, -0.25) is 22.6 Å². The fourth-order valence-corrected chi connectivity index (χ4v) is 8.07. The zero-order chi connectivity index (χ0) is 31.9. The van der Waals surface area contributed by atoms with E-state index >= 15 is 0 Å². The van der Waals surface area contributed by atoms with Crippen molar-refractivity contribution in [1.82, 2.24) is 0 Å². The lowest BCUT2D eigenvalue weighted by atomic mass is 9.85. The van der Waals surface area contributed by atoms with E-state index in [0.717, 1.165) is 0 Å². The predicted molar refractivity (Wildman–Crippen MR) is 112 cm³/mol. The van der Waals surface area contributed by atoms with Crippen LogP contribution in [0.3, 0.4) is 0 Å². The zero-order valence-electron chi connectivity index (χ0n) is 18.1. The van der Waals surface area contributed by atoms with Gasteiger partial charge in [-0.2, -0.15) is 8.62 Å². The summed E-state index contributed by atoms with van der Waals surface area (Å²) < 4.78 is 108. The van der Waals surface area contributed by atoms with Gasteiger partial charge >= 0.3 is 54.8 Å². The van der Waals surface area contributed by atoms with Crippen molar-refractivity contribution in [3.8, 4) is 0 Å². The van der Waals surface area contributed by atoms with Gasteiger partial charge in [0.2, 0.25) is 0 Å². The van der Waals surface area contributed by atoms with Crippen molar-refractivity contribution in [2.45, 2.75) is 36.6 Å². The van der Waals surface area contributed by atoms with Crippen LogP contribution in [0, 0.1) is 0 Å². The van der Waals surface area contributed by atoms with E-state index in [1.165, 1.54) is 0 Å². The molecule has 1 fully saturated rings. The van der Waals surface area contributed by atoms with Gasteiger partial charge in [-0.25, -0.2) is 32.0 Å².